The van der Waals surface area contributed by atoms with Gasteiger partial charge in [0.25, 0.3) is 0 Å². The van der Waals surface area contributed by atoms with E-state index in [2.05, 4.69) is 28.2 Å². The first kappa shape index (κ1) is 14.6. The lowest BCUT2D eigenvalue weighted by atomic mass is 10.1. The number of benzene rings is 1. The molecule has 0 spiro atoms. The highest BCUT2D eigenvalue weighted by atomic mass is 16.4. The Labute approximate surface area is 97.9 Å². The number of hydrogen-bond donors (Lipinski definition) is 0. The topological polar surface area (TPSA) is 40.1 Å². The van der Waals surface area contributed by atoms with Crippen LogP contribution in [0.1, 0.15) is 12.0 Å². The predicted octanol–water partition coefficient (Wildman–Crippen LogP) is 0.692. The van der Waals surface area contributed by atoms with Gasteiger partial charge in [0.2, 0.25) is 0 Å². The first-order valence-corrected chi connectivity index (χ1v) is 5.31. The number of aryl methyl sites for hydroxylation is 1. The maximum Gasteiger partial charge on any atom is 0.0675 e. The predicted molar refractivity (Wildman–Crippen MR) is 63.7 cm³/mol. The van der Waals surface area contributed by atoms with Gasteiger partial charge in [-0.05, 0) is 18.4 Å². The minimum Gasteiger partial charge on any atom is -0.550 e. The highest BCUT2D eigenvalue weighted by Crippen LogP contribution is 2.00. The van der Waals surface area contributed by atoms with Gasteiger partial charge in [0.1, 0.15) is 0 Å². The van der Waals surface area contributed by atoms with E-state index in [4.69, 9.17) is 0 Å². The second-order valence-electron chi connectivity index (χ2n) is 5.04. The number of carbonyl (C=O) groups is 1. The van der Waals surface area contributed by atoms with Crippen LogP contribution >= 0.6 is 0 Å². The van der Waals surface area contributed by atoms with Crippen molar-refractivity contribution in [1.29, 1.82) is 0 Å². The Morgan fingerprint density at radius 2 is 1.56 bits per heavy atom. The van der Waals surface area contributed by atoms with E-state index in [0.29, 0.717) is 6.42 Å². The van der Waals surface area contributed by atoms with Crippen molar-refractivity contribution in [2.75, 3.05) is 28.2 Å². The van der Waals surface area contributed by atoms with Crippen LogP contribution in [0.4, 0.5) is 0 Å². The Bertz CT molecular complexity index is 295. The molecule has 0 heterocycles. The zero-order valence-electron chi connectivity index (χ0n) is 10.6. The molecule has 0 aromatic heterocycles. The smallest absolute Gasteiger partial charge is 0.0675 e. The molecular weight excluding hydrogens is 202 g/mol. The van der Waals surface area contributed by atoms with Gasteiger partial charge in [-0.25, -0.2) is 0 Å². The summed E-state index contributed by atoms with van der Waals surface area (Å²) >= 11 is 0. The highest BCUT2D eigenvalue weighted by Gasteiger charge is 1.90. The van der Waals surface area contributed by atoms with Crippen LogP contribution in [0.3, 0.4) is 0 Å². The number of nitrogens with zero attached hydrogens (tertiary/aromatic N) is 1. The van der Waals surface area contributed by atoms with Gasteiger partial charge in [0, 0.05) is 5.97 Å². The summed E-state index contributed by atoms with van der Waals surface area (Å²) in [6, 6.07) is 9.50. The third-order valence-electron chi connectivity index (χ3n) is 1.46. The van der Waals surface area contributed by atoms with Crippen LogP contribution < -0.4 is 5.11 Å². The summed E-state index contributed by atoms with van der Waals surface area (Å²) in [6.45, 7) is 0. The number of carboxylic acid groups (broad SMARTS) is 1. The van der Waals surface area contributed by atoms with Crippen LogP contribution in [0.25, 0.3) is 0 Å². The van der Waals surface area contributed by atoms with E-state index in [1.165, 1.54) is 0 Å². The number of quaternary nitrogens is 1. The maximum atomic E-state index is 10.1. The number of aliphatic carboxylic acids is 1. The van der Waals surface area contributed by atoms with Gasteiger partial charge < -0.3 is 14.4 Å². The van der Waals surface area contributed by atoms with Crippen molar-refractivity contribution in [3.05, 3.63) is 35.9 Å². The van der Waals surface area contributed by atoms with Gasteiger partial charge in [-0.3, -0.25) is 0 Å². The summed E-state index contributed by atoms with van der Waals surface area (Å²) in [5.41, 5.74) is 1.04. The summed E-state index contributed by atoms with van der Waals surface area (Å²) in [5, 5.41) is 10.1. The van der Waals surface area contributed by atoms with Gasteiger partial charge in [0.05, 0.1) is 28.2 Å². The Hall–Kier alpha value is -1.35. The van der Waals surface area contributed by atoms with Crippen molar-refractivity contribution in [1.82, 2.24) is 0 Å². The van der Waals surface area contributed by atoms with E-state index in [1.807, 2.05) is 30.3 Å². The van der Waals surface area contributed by atoms with E-state index in [-0.39, 0.29) is 6.42 Å². The van der Waals surface area contributed by atoms with E-state index in [9.17, 15) is 9.90 Å². The molecule has 0 radical (unpaired) electrons. The summed E-state index contributed by atoms with van der Waals surface area (Å²) in [4.78, 5) is 10.1. The zero-order chi connectivity index (χ0) is 12.6. The van der Waals surface area contributed by atoms with Gasteiger partial charge in [-0.2, -0.15) is 0 Å². The van der Waals surface area contributed by atoms with Crippen LogP contribution in [0.15, 0.2) is 30.3 Å². The molecule has 0 aliphatic heterocycles. The number of carboxylic acids is 1. The Morgan fingerprint density at radius 3 is 1.94 bits per heavy atom. The zero-order valence-corrected chi connectivity index (χ0v) is 10.6. The molecule has 90 valence electrons. The summed E-state index contributed by atoms with van der Waals surface area (Å²) < 4.78 is 1.00. The standard InChI is InChI=1S/C9H10O2.C4H12N/c10-9(11)7-6-8-4-2-1-3-5-8;1-5(2,3)4/h1-5H,6-7H2,(H,10,11);1-4H3/q;+1/p-1. The summed E-state index contributed by atoms with van der Waals surface area (Å²) in [6.07, 6.45) is 0.660. The average molecular weight is 223 g/mol. The fourth-order valence-electron chi connectivity index (χ4n) is 0.891. The van der Waals surface area contributed by atoms with Gasteiger partial charge in [-0.15, -0.1) is 0 Å². The van der Waals surface area contributed by atoms with Crippen molar-refractivity contribution < 1.29 is 14.4 Å². The van der Waals surface area contributed by atoms with E-state index in [1.54, 1.807) is 0 Å². The van der Waals surface area contributed by atoms with Crippen molar-refractivity contribution >= 4 is 5.97 Å². The fourth-order valence-corrected chi connectivity index (χ4v) is 0.891. The molecule has 3 heteroatoms. The molecule has 3 nitrogen and oxygen atoms in total. The summed E-state index contributed by atoms with van der Waals surface area (Å²) in [5.74, 6) is -0.992. The molecule has 0 unspecified atom stereocenters. The fraction of sp³-hybridized carbons (Fsp3) is 0.462. The lowest BCUT2D eigenvalue weighted by Gasteiger charge is -2.14. The van der Waals surface area contributed by atoms with Gasteiger partial charge in [0.15, 0.2) is 0 Å². The van der Waals surface area contributed by atoms with Crippen molar-refractivity contribution in [3.8, 4) is 0 Å². The molecule has 0 saturated carbocycles. The highest BCUT2D eigenvalue weighted by molar-refractivity contribution is 5.64. The largest absolute Gasteiger partial charge is 0.550 e. The lowest BCUT2D eigenvalue weighted by molar-refractivity contribution is -0.849. The maximum absolute atomic E-state index is 10.1. The minimum absolute atomic E-state index is 0.101. The molecular formula is C13H21NO2. The van der Waals surface area contributed by atoms with Crippen LogP contribution in [-0.4, -0.2) is 38.6 Å². The second-order valence-corrected chi connectivity index (χ2v) is 5.04. The van der Waals surface area contributed by atoms with Gasteiger partial charge >= 0.3 is 0 Å². The Balaban J connectivity index is 0.000000385. The Morgan fingerprint density at radius 1 is 1.12 bits per heavy atom. The quantitative estimate of drug-likeness (QED) is 0.707. The molecule has 1 rings (SSSR count). The normalized spacial score (nSPS) is 10.2. The first-order valence-electron chi connectivity index (χ1n) is 5.31. The summed E-state index contributed by atoms with van der Waals surface area (Å²) in [7, 11) is 8.50. The molecule has 0 atom stereocenters. The van der Waals surface area contributed by atoms with Crippen molar-refractivity contribution in [2.24, 2.45) is 0 Å². The van der Waals surface area contributed by atoms with E-state index < -0.39 is 5.97 Å². The Kier molecular flexibility index (Phi) is 6.42. The molecule has 0 fully saturated rings. The monoisotopic (exact) mass is 223 g/mol. The number of carbonyl (C=O) groups excluding carboxylic acids is 1. The van der Waals surface area contributed by atoms with Crippen LogP contribution in [0, 0.1) is 0 Å². The van der Waals surface area contributed by atoms with E-state index in [0.717, 1.165) is 10.0 Å². The molecule has 0 amide bonds. The van der Waals surface area contributed by atoms with Gasteiger partial charge in [-0.1, -0.05) is 30.3 Å². The SMILES string of the molecule is C[N+](C)(C)C.O=C([O-])CCc1ccccc1. The molecule has 0 aliphatic rings. The molecule has 0 N–H and O–H groups in total. The van der Waals surface area contributed by atoms with E-state index >= 15 is 0 Å². The molecule has 0 aliphatic carbocycles. The molecule has 0 saturated heterocycles. The molecule has 16 heavy (non-hydrogen) atoms. The third-order valence-corrected chi connectivity index (χ3v) is 1.46. The number of rotatable bonds is 3. The molecule has 1 aromatic rings. The molecule has 1 aromatic carbocycles. The average Bonchev–Trinajstić information content (AvgIpc) is 2.14. The minimum atomic E-state index is -0.992. The first-order chi connectivity index (χ1) is 7.29. The number of hydrogen-bond acceptors (Lipinski definition) is 2. The lowest BCUT2D eigenvalue weighted by Crippen LogP contribution is -2.27. The molecule has 0 bridgehead atoms. The van der Waals surface area contributed by atoms with Crippen LogP contribution in [-0.2, 0) is 11.2 Å². The van der Waals surface area contributed by atoms with Crippen LogP contribution in [0.5, 0.6) is 0 Å². The third kappa shape index (κ3) is 12.7. The van der Waals surface area contributed by atoms with Crippen LogP contribution in [0.2, 0.25) is 0 Å². The van der Waals surface area contributed by atoms with Crippen molar-refractivity contribution in [3.63, 3.8) is 0 Å². The van der Waals surface area contributed by atoms with Crippen molar-refractivity contribution in [2.45, 2.75) is 12.8 Å². The second kappa shape index (κ2) is 7.01.